The van der Waals surface area contributed by atoms with Gasteiger partial charge in [-0.2, -0.15) is 0 Å². The number of halogens is 1. The zero-order valence-electron chi connectivity index (χ0n) is 29.0. The van der Waals surface area contributed by atoms with Gasteiger partial charge < -0.3 is 23.6 Å². The van der Waals surface area contributed by atoms with E-state index in [1.807, 2.05) is 13.0 Å². The Labute approximate surface area is 282 Å². The number of aliphatic hydroxyl groups excluding tert-OH is 1. The van der Waals surface area contributed by atoms with Crippen LogP contribution in [0.2, 0.25) is 18.6 Å². The highest BCUT2D eigenvalue weighted by Gasteiger charge is 2.66. The van der Waals surface area contributed by atoms with Crippen LogP contribution >= 0.6 is 0 Å². The van der Waals surface area contributed by atoms with E-state index < -0.39 is 43.8 Å². The van der Waals surface area contributed by atoms with Gasteiger partial charge in [-0.15, -0.1) is 5.10 Å². The number of rotatable bonds is 13. The maximum atomic E-state index is 16.3. The number of hydrogen-bond acceptors (Lipinski definition) is 8. The lowest BCUT2D eigenvalue weighted by Gasteiger charge is -2.39. The Bertz CT molecular complexity index is 1610. The molecule has 260 valence electrons. The highest BCUT2D eigenvalue weighted by atomic mass is 28.4. The Hall–Kier alpha value is -3.68. The molecule has 0 saturated carbocycles. The van der Waals surface area contributed by atoms with Gasteiger partial charge in [0.25, 0.3) is 5.91 Å². The second kappa shape index (κ2) is 14.0. The van der Waals surface area contributed by atoms with Crippen LogP contribution in [0.3, 0.4) is 0 Å². The third-order valence-corrected chi connectivity index (χ3v) is 12.2. The van der Waals surface area contributed by atoms with E-state index in [0.29, 0.717) is 48.6 Å². The smallest absolute Gasteiger partial charge is 0.304 e. The number of amides is 2. The fourth-order valence-electron chi connectivity index (χ4n) is 7.49. The number of ether oxygens (including phenoxy) is 2. The number of anilines is 2. The van der Waals surface area contributed by atoms with Crippen LogP contribution in [-0.2, 0) is 42.4 Å². The first-order valence-corrected chi connectivity index (χ1v) is 19.7. The number of carbonyl (C=O) groups excluding carboxylic acids is 3. The molecule has 5 rings (SSSR count). The van der Waals surface area contributed by atoms with E-state index in [1.165, 1.54) is 17.4 Å². The van der Waals surface area contributed by atoms with Gasteiger partial charge in [-0.1, -0.05) is 35.4 Å². The Balaban J connectivity index is 1.53. The number of aryl methyl sites for hydroxylation is 1. The number of nitrogens with zero attached hydrogens (tertiary/aromatic N) is 5. The van der Waals surface area contributed by atoms with Gasteiger partial charge in [0, 0.05) is 61.9 Å². The number of carbonyl (C=O) groups is 3. The van der Waals surface area contributed by atoms with Gasteiger partial charge in [0.05, 0.1) is 23.9 Å². The zero-order chi connectivity index (χ0) is 35.0. The maximum absolute atomic E-state index is 16.3. The van der Waals surface area contributed by atoms with Gasteiger partial charge in [-0.3, -0.25) is 24.0 Å². The summed E-state index contributed by atoms with van der Waals surface area (Å²) in [7, 11) is -3.41. The number of fused-ring (bicyclic) bond motifs is 2. The van der Waals surface area contributed by atoms with Crippen molar-refractivity contribution in [3.05, 3.63) is 59.0 Å². The molecule has 4 heterocycles. The summed E-state index contributed by atoms with van der Waals surface area (Å²) in [6, 6.07) is 5.36. The van der Waals surface area contributed by atoms with Gasteiger partial charge >= 0.3 is 5.97 Å². The summed E-state index contributed by atoms with van der Waals surface area (Å²) in [6.45, 7) is 13.4. The molecule has 11 nitrogen and oxygen atoms in total. The average molecular weight is 682 g/mol. The SMILES string of the molecule is CC(=O)OC1CC(=O)N1c1ccc2c(c1)[C@]1(O[C@@H](CCn3cc(CCO)nn3)[C@H]([Si](C)(C)F)[C@H]1C)C(=O)N2C/C=C(\C)CCC=C(C)C. The highest BCUT2D eigenvalue weighted by molar-refractivity contribution is 6.72. The number of β-lactam (4-membered cyclic amide) rings is 1. The predicted molar refractivity (Wildman–Crippen MR) is 182 cm³/mol. The average Bonchev–Trinajstić information content (AvgIpc) is 3.63. The summed E-state index contributed by atoms with van der Waals surface area (Å²) in [5.74, 6) is -1.46. The number of allylic oxidation sites excluding steroid dienone is 3. The Morgan fingerprint density at radius 1 is 1.21 bits per heavy atom. The van der Waals surface area contributed by atoms with Crippen molar-refractivity contribution in [2.75, 3.05) is 23.0 Å². The molecule has 48 heavy (non-hydrogen) atoms. The van der Waals surface area contributed by atoms with Gasteiger partial charge in [0.2, 0.25) is 14.3 Å². The van der Waals surface area contributed by atoms with Crippen LogP contribution in [0.15, 0.2) is 47.7 Å². The van der Waals surface area contributed by atoms with Gasteiger partial charge in [0.1, 0.15) is 0 Å². The largest absolute Gasteiger partial charge is 0.441 e. The van der Waals surface area contributed by atoms with Crippen LogP contribution in [0.5, 0.6) is 0 Å². The lowest BCUT2D eigenvalue weighted by atomic mass is 9.82. The van der Waals surface area contributed by atoms with Crippen molar-refractivity contribution in [3.8, 4) is 0 Å². The molecule has 0 radical (unpaired) electrons. The molecule has 1 aromatic heterocycles. The number of aromatic nitrogens is 3. The molecule has 1 aromatic carbocycles. The lowest BCUT2D eigenvalue weighted by molar-refractivity contribution is -0.153. The van der Waals surface area contributed by atoms with Gasteiger partial charge in [-0.05, 0) is 71.3 Å². The summed E-state index contributed by atoms with van der Waals surface area (Å²) in [5, 5.41) is 17.5. The molecule has 5 atom stereocenters. The van der Waals surface area contributed by atoms with Crippen molar-refractivity contribution in [1.29, 1.82) is 0 Å². The monoisotopic (exact) mass is 681 g/mol. The lowest BCUT2D eigenvalue weighted by Crippen LogP contribution is -2.55. The van der Waals surface area contributed by atoms with Crippen molar-refractivity contribution in [2.24, 2.45) is 5.92 Å². The fraction of sp³-hybridized carbons (Fsp3) is 0.571. The van der Waals surface area contributed by atoms with Crippen molar-refractivity contribution in [1.82, 2.24) is 15.0 Å². The molecule has 2 aromatic rings. The Morgan fingerprint density at radius 3 is 2.60 bits per heavy atom. The Kier molecular flexibility index (Phi) is 10.4. The zero-order valence-corrected chi connectivity index (χ0v) is 30.0. The second-order valence-corrected chi connectivity index (χ2v) is 17.8. The van der Waals surface area contributed by atoms with E-state index in [1.54, 1.807) is 41.0 Å². The molecule has 1 N–H and O–H groups in total. The molecule has 3 aliphatic heterocycles. The topological polar surface area (TPSA) is 127 Å². The van der Waals surface area contributed by atoms with E-state index >= 15 is 4.11 Å². The number of benzene rings is 1. The fourth-order valence-corrected chi connectivity index (χ4v) is 10.0. The van der Waals surface area contributed by atoms with Crippen LogP contribution in [-0.4, -0.2) is 71.8 Å². The first kappa shape index (κ1) is 35.6. The first-order valence-electron chi connectivity index (χ1n) is 16.8. The summed E-state index contributed by atoms with van der Waals surface area (Å²) in [5.41, 5.74) is 2.81. The minimum atomic E-state index is -3.41. The van der Waals surface area contributed by atoms with Crippen molar-refractivity contribution < 1.29 is 33.1 Å². The van der Waals surface area contributed by atoms with Crippen LogP contribution in [0, 0.1) is 5.92 Å². The Morgan fingerprint density at radius 2 is 1.96 bits per heavy atom. The predicted octanol–water partition coefficient (Wildman–Crippen LogP) is 5.34. The molecule has 1 spiro atoms. The minimum absolute atomic E-state index is 0.0387. The van der Waals surface area contributed by atoms with Crippen LogP contribution < -0.4 is 9.80 Å². The molecule has 13 heteroatoms. The normalized spacial score (nSPS) is 25.5. The van der Waals surface area contributed by atoms with Crippen molar-refractivity contribution in [2.45, 2.75) is 110 Å². The van der Waals surface area contributed by atoms with E-state index in [0.717, 1.165) is 18.4 Å². The quantitative estimate of drug-likeness (QED) is 0.0987. The van der Waals surface area contributed by atoms with Crippen molar-refractivity contribution in [3.63, 3.8) is 0 Å². The summed E-state index contributed by atoms with van der Waals surface area (Å²) in [6.07, 6.45) is 7.32. The first-order chi connectivity index (χ1) is 22.7. The number of hydrogen-bond donors (Lipinski definition) is 1. The molecule has 1 unspecified atom stereocenters. The van der Waals surface area contributed by atoms with Crippen LogP contribution in [0.4, 0.5) is 15.5 Å². The van der Waals surface area contributed by atoms with E-state index in [-0.39, 0.29) is 24.8 Å². The molecule has 3 aliphatic rings. The van der Waals surface area contributed by atoms with Gasteiger partial charge in [0.15, 0.2) is 11.8 Å². The van der Waals surface area contributed by atoms with Crippen LogP contribution in [0.25, 0.3) is 0 Å². The van der Waals surface area contributed by atoms with Crippen molar-refractivity contribution >= 4 is 37.6 Å². The van der Waals surface area contributed by atoms with E-state index in [4.69, 9.17) is 9.47 Å². The highest BCUT2D eigenvalue weighted by Crippen LogP contribution is 2.60. The number of esters is 1. The molecule has 0 bridgehead atoms. The third kappa shape index (κ3) is 6.90. The molecule has 2 fully saturated rings. The number of aliphatic hydroxyl groups is 1. The second-order valence-electron chi connectivity index (χ2n) is 14.0. The molecular weight excluding hydrogens is 633 g/mol. The molecule has 2 saturated heterocycles. The van der Waals surface area contributed by atoms with Gasteiger partial charge in [-0.25, -0.2) is 0 Å². The summed E-state index contributed by atoms with van der Waals surface area (Å²) >= 11 is 0. The third-order valence-electron chi connectivity index (χ3n) is 9.74. The van der Waals surface area contributed by atoms with E-state index in [9.17, 15) is 19.5 Å². The molecular formula is C35H48FN5O6Si. The summed E-state index contributed by atoms with van der Waals surface area (Å²) in [4.78, 5) is 42.4. The molecule has 2 amide bonds. The van der Waals surface area contributed by atoms with Crippen LogP contribution in [0.1, 0.15) is 71.6 Å². The summed E-state index contributed by atoms with van der Waals surface area (Å²) < 4.78 is 30.3. The molecule has 0 aliphatic carbocycles. The van der Waals surface area contributed by atoms with E-state index in [2.05, 4.69) is 43.2 Å². The standard InChI is InChI=1S/C35H48FN5O6Si/c1-22(2)9-8-10-23(3)13-17-40-29-12-11-27(41-31(44)20-32(41)46-25(5)43)19-28(29)35(34(40)45)24(4)33(48(6,7)36)30(47-35)14-16-39-21-26(15-18-42)37-38-39/h9,11-13,19,21,24,30,32-33,42H,8,10,14-18,20H2,1-7H3/b23-13+/t24-,30+,32?,33-,35+/m1/s1. The minimum Gasteiger partial charge on any atom is -0.441 e. The maximum Gasteiger partial charge on any atom is 0.304 e.